The summed E-state index contributed by atoms with van der Waals surface area (Å²) in [6, 6.07) is 0. The Morgan fingerprint density at radius 3 is 2.86 bits per heavy atom. The Kier molecular flexibility index (Phi) is 3.75. The molecule has 0 aromatic heterocycles. The van der Waals surface area contributed by atoms with E-state index in [1.807, 2.05) is 4.90 Å². The van der Waals surface area contributed by atoms with Crippen LogP contribution in [0.4, 0.5) is 0 Å². The van der Waals surface area contributed by atoms with Crippen LogP contribution in [-0.2, 0) is 9.53 Å². The Morgan fingerprint density at radius 1 is 1.50 bits per heavy atom. The Hall–Kier alpha value is -0.320. The van der Waals surface area contributed by atoms with Crippen LogP contribution in [0.5, 0.6) is 0 Å². The maximum Gasteiger partial charge on any atom is 0.236 e. The topological polar surface area (TPSA) is 55.6 Å². The van der Waals surface area contributed by atoms with Crippen molar-refractivity contribution in [1.29, 1.82) is 0 Å². The molecule has 2 rings (SSSR count). The molecule has 0 saturated carbocycles. The number of nitrogens with two attached hydrogens (primary N) is 1. The van der Waals surface area contributed by atoms with Crippen LogP contribution in [0.1, 0.15) is 12.8 Å². The van der Waals surface area contributed by atoms with Gasteiger partial charge >= 0.3 is 0 Å². The Morgan fingerprint density at radius 2 is 2.29 bits per heavy atom. The van der Waals surface area contributed by atoms with Gasteiger partial charge in [-0.05, 0) is 12.8 Å². The van der Waals surface area contributed by atoms with Gasteiger partial charge in [0.25, 0.3) is 0 Å². The van der Waals surface area contributed by atoms with Crippen molar-refractivity contribution in [3.8, 4) is 0 Å². The third-order valence-electron chi connectivity index (χ3n) is 3.15. The van der Waals surface area contributed by atoms with Gasteiger partial charge in [-0.3, -0.25) is 4.79 Å². The number of amides is 1. The smallest absolute Gasteiger partial charge is 0.236 e. The number of nitrogens with zero attached hydrogens (tertiary/aromatic N) is 1. The number of rotatable bonds is 1. The van der Waals surface area contributed by atoms with Crippen molar-refractivity contribution in [3.63, 3.8) is 0 Å². The fourth-order valence-corrected chi connectivity index (χ4v) is 2.25. The summed E-state index contributed by atoms with van der Waals surface area (Å²) < 4.78 is 5.37. The van der Waals surface area contributed by atoms with E-state index in [1.165, 1.54) is 0 Å². The van der Waals surface area contributed by atoms with Crippen LogP contribution >= 0.6 is 12.4 Å². The van der Waals surface area contributed by atoms with Gasteiger partial charge in [0.2, 0.25) is 5.91 Å². The maximum atomic E-state index is 11.3. The van der Waals surface area contributed by atoms with E-state index in [9.17, 15) is 4.79 Å². The molecule has 0 aromatic carbocycles. The second-order valence-electron chi connectivity index (χ2n) is 4.07. The van der Waals surface area contributed by atoms with Crippen LogP contribution in [0.2, 0.25) is 0 Å². The van der Waals surface area contributed by atoms with E-state index in [4.69, 9.17) is 10.5 Å². The predicted octanol–water partition coefficient (Wildman–Crippen LogP) is 0.00590. The van der Waals surface area contributed by atoms with E-state index in [-0.39, 0.29) is 30.3 Å². The molecule has 2 fully saturated rings. The summed E-state index contributed by atoms with van der Waals surface area (Å²) in [5, 5.41) is 0. The van der Waals surface area contributed by atoms with Gasteiger partial charge in [-0.25, -0.2) is 0 Å². The van der Waals surface area contributed by atoms with E-state index >= 15 is 0 Å². The summed E-state index contributed by atoms with van der Waals surface area (Å²) in [7, 11) is 0. The van der Waals surface area contributed by atoms with Gasteiger partial charge in [0.15, 0.2) is 0 Å². The summed E-state index contributed by atoms with van der Waals surface area (Å²) in [5.74, 6) is 0.0729. The highest BCUT2D eigenvalue weighted by atomic mass is 35.5. The van der Waals surface area contributed by atoms with Crippen molar-refractivity contribution in [2.24, 2.45) is 11.1 Å². The molecule has 2 aliphatic rings. The zero-order valence-electron chi connectivity index (χ0n) is 8.20. The first kappa shape index (κ1) is 11.8. The number of ether oxygens (including phenoxy) is 1. The van der Waals surface area contributed by atoms with Gasteiger partial charge in [0.05, 0.1) is 13.2 Å². The third kappa shape index (κ3) is 2.02. The van der Waals surface area contributed by atoms with E-state index in [0.717, 1.165) is 39.1 Å². The summed E-state index contributed by atoms with van der Waals surface area (Å²) in [6.45, 7) is 3.52. The van der Waals surface area contributed by atoms with Crippen molar-refractivity contribution in [2.45, 2.75) is 12.8 Å². The maximum absolute atomic E-state index is 11.3. The quantitative estimate of drug-likeness (QED) is 0.677. The number of halogens is 1. The summed E-state index contributed by atoms with van der Waals surface area (Å²) in [5.41, 5.74) is 5.59. The number of carbonyl (C=O) groups is 1. The highest BCUT2D eigenvalue weighted by molar-refractivity contribution is 5.85. The van der Waals surface area contributed by atoms with Crippen LogP contribution < -0.4 is 5.73 Å². The molecule has 0 radical (unpaired) electrons. The first-order chi connectivity index (χ1) is 6.26. The van der Waals surface area contributed by atoms with E-state index in [2.05, 4.69) is 0 Å². The number of hydrogen-bond donors (Lipinski definition) is 1. The average molecular weight is 221 g/mol. The Balaban J connectivity index is 0.000000980. The molecule has 1 unspecified atom stereocenters. The van der Waals surface area contributed by atoms with Gasteiger partial charge < -0.3 is 15.4 Å². The molecule has 5 heteroatoms. The molecule has 0 bridgehead atoms. The summed E-state index contributed by atoms with van der Waals surface area (Å²) in [6.07, 6.45) is 2.18. The monoisotopic (exact) mass is 220 g/mol. The van der Waals surface area contributed by atoms with Crippen molar-refractivity contribution >= 4 is 18.3 Å². The standard InChI is InChI=1S/C9H16N2O2.ClH/c10-5-8(12)11-3-1-9(6-11)2-4-13-7-9;/h1-7,10H2;1H. The van der Waals surface area contributed by atoms with Crippen LogP contribution in [-0.4, -0.2) is 43.7 Å². The number of likely N-dealkylation sites (tertiary alicyclic amines) is 1. The second-order valence-corrected chi connectivity index (χ2v) is 4.07. The first-order valence-corrected chi connectivity index (χ1v) is 4.81. The van der Waals surface area contributed by atoms with Crippen molar-refractivity contribution in [2.75, 3.05) is 32.8 Å². The molecule has 0 aliphatic carbocycles. The molecule has 2 aliphatic heterocycles. The van der Waals surface area contributed by atoms with E-state index < -0.39 is 0 Å². The lowest BCUT2D eigenvalue weighted by Gasteiger charge is -2.21. The van der Waals surface area contributed by atoms with Crippen molar-refractivity contribution < 1.29 is 9.53 Å². The second kappa shape index (κ2) is 4.47. The van der Waals surface area contributed by atoms with Gasteiger partial charge in [-0.2, -0.15) is 0 Å². The molecule has 1 atom stereocenters. The Bertz CT molecular complexity index is 217. The molecule has 2 saturated heterocycles. The van der Waals surface area contributed by atoms with Crippen LogP contribution in [0.3, 0.4) is 0 Å². The third-order valence-corrected chi connectivity index (χ3v) is 3.15. The highest BCUT2D eigenvalue weighted by Gasteiger charge is 2.42. The molecule has 2 heterocycles. The molecule has 82 valence electrons. The highest BCUT2D eigenvalue weighted by Crippen LogP contribution is 2.37. The van der Waals surface area contributed by atoms with E-state index in [0.29, 0.717) is 0 Å². The van der Waals surface area contributed by atoms with Gasteiger partial charge in [0, 0.05) is 25.1 Å². The zero-order chi connectivity index (χ0) is 9.31. The minimum Gasteiger partial charge on any atom is -0.381 e. The first-order valence-electron chi connectivity index (χ1n) is 4.81. The lowest BCUT2D eigenvalue weighted by molar-refractivity contribution is -0.129. The molecule has 1 amide bonds. The lowest BCUT2D eigenvalue weighted by Crippen LogP contribution is -2.36. The summed E-state index contributed by atoms with van der Waals surface area (Å²) in [4.78, 5) is 13.2. The number of carbonyl (C=O) groups excluding carboxylic acids is 1. The predicted molar refractivity (Wildman–Crippen MR) is 55.4 cm³/mol. The fourth-order valence-electron chi connectivity index (χ4n) is 2.25. The molecular weight excluding hydrogens is 204 g/mol. The van der Waals surface area contributed by atoms with E-state index in [1.54, 1.807) is 0 Å². The van der Waals surface area contributed by atoms with Crippen LogP contribution in [0.15, 0.2) is 0 Å². The van der Waals surface area contributed by atoms with Crippen molar-refractivity contribution in [3.05, 3.63) is 0 Å². The largest absolute Gasteiger partial charge is 0.381 e. The Labute approximate surface area is 90.2 Å². The van der Waals surface area contributed by atoms with Gasteiger partial charge in [0.1, 0.15) is 0 Å². The average Bonchev–Trinajstić information content (AvgIpc) is 2.76. The lowest BCUT2D eigenvalue weighted by atomic mass is 9.87. The zero-order valence-corrected chi connectivity index (χ0v) is 9.02. The summed E-state index contributed by atoms with van der Waals surface area (Å²) >= 11 is 0. The van der Waals surface area contributed by atoms with Crippen LogP contribution in [0.25, 0.3) is 0 Å². The SMILES string of the molecule is Cl.NCC(=O)N1CCC2(CCOC2)C1. The molecule has 2 N–H and O–H groups in total. The normalized spacial score (nSPS) is 30.8. The molecule has 0 aromatic rings. The molecular formula is C9H17ClN2O2. The van der Waals surface area contributed by atoms with Crippen LogP contribution in [0, 0.1) is 5.41 Å². The van der Waals surface area contributed by atoms with Gasteiger partial charge in [-0.15, -0.1) is 12.4 Å². The fraction of sp³-hybridized carbons (Fsp3) is 0.889. The minimum absolute atomic E-state index is 0. The molecule has 1 spiro atoms. The van der Waals surface area contributed by atoms with Crippen molar-refractivity contribution in [1.82, 2.24) is 4.90 Å². The number of hydrogen-bond acceptors (Lipinski definition) is 3. The minimum atomic E-state index is 0. The van der Waals surface area contributed by atoms with Gasteiger partial charge in [-0.1, -0.05) is 0 Å². The molecule has 14 heavy (non-hydrogen) atoms. The molecule has 4 nitrogen and oxygen atoms in total.